The summed E-state index contributed by atoms with van der Waals surface area (Å²) in [4.78, 5) is 29.7. The van der Waals surface area contributed by atoms with Crippen LogP contribution in [-0.4, -0.2) is 34.2 Å². The van der Waals surface area contributed by atoms with Gasteiger partial charge in [-0.05, 0) is 30.2 Å². The monoisotopic (exact) mass is 353 g/mol. The van der Waals surface area contributed by atoms with Gasteiger partial charge >= 0.3 is 0 Å². The van der Waals surface area contributed by atoms with Crippen LogP contribution in [0.25, 0.3) is 0 Å². The van der Waals surface area contributed by atoms with E-state index in [-0.39, 0.29) is 11.8 Å². The summed E-state index contributed by atoms with van der Waals surface area (Å²) >= 11 is 1.45. The van der Waals surface area contributed by atoms with Crippen LogP contribution >= 0.6 is 11.8 Å². The second-order valence-corrected chi connectivity index (χ2v) is 6.64. The van der Waals surface area contributed by atoms with Crippen molar-refractivity contribution in [1.29, 1.82) is 0 Å². The van der Waals surface area contributed by atoms with Gasteiger partial charge in [0.2, 0.25) is 11.8 Å². The molecule has 3 rings (SSSR count). The third-order valence-electron chi connectivity index (χ3n) is 3.71. The van der Waals surface area contributed by atoms with Gasteiger partial charge in [-0.1, -0.05) is 48.2 Å². The van der Waals surface area contributed by atoms with Crippen molar-refractivity contribution in [3.63, 3.8) is 0 Å². The quantitative estimate of drug-likeness (QED) is 0.895. The number of anilines is 1. The lowest BCUT2D eigenvalue weighted by Gasteiger charge is -2.16. The second-order valence-electron chi connectivity index (χ2n) is 5.70. The van der Waals surface area contributed by atoms with Crippen LogP contribution in [0.5, 0.6) is 0 Å². The van der Waals surface area contributed by atoms with Gasteiger partial charge in [-0.2, -0.15) is 0 Å². The van der Waals surface area contributed by atoms with E-state index in [0.29, 0.717) is 28.8 Å². The third-order valence-corrected chi connectivity index (χ3v) is 4.68. The lowest BCUT2D eigenvalue weighted by molar-refractivity contribution is -0.124. The molecule has 5 nitrogen and oxygen atoms in total. The number of amides is 2. The topological polar surface area (TPSA) is 61.8 Å². The van der Waals surface area contributed by atoms with Gasteiger partial charge in [0.25, 0.3) is 0 Å². The summed E-state index contributed by atoms with van der Waals surface area (Å²) in [7, 11) is 0. The Labute approximate surface area is 151 Å². The number of amidine groups is 1. The van der Waals surface area contributed by atoms with Gasteiger partial charge in [0.1, 0.15) is 0 Å². The maximum Gasteiger partial charge on any atom is 0.239 e. The minimum atomic E-state index is -0.125. The first-order chi connectivity index (χ1) is 12.1. The van der Waals surface area contributed by atoms with E-state index in [2.05, 4.69) is 22.4 Å². The highest BCUT2D eigenvalue weighted by Crippen LogP contribution is 2.25. The van der Waals surface area contributed by atoms with Crippen LogP contribution in [0.2, 0.25) is 0 Å². The van der Waals surface area contributed by atoms with Crippen LogP contribution in [0.1, 0.15) is 12.5 Å². The highest BCUT2D eigenvalue weighted by molar-refractivity contribution is 8.15. The Morgan fingerprint density at radius 2 is 2.00 bits per heavy atom. The third kappa shape index (κ3) is 4.70. The Balaban J connectivity index is 1.74. The molecule has 0 aliphatic carbocycles. The van der Waals surface area contributed by atoms with Gasteiger partial charge in [0, 0.05) is 19.2 Å². The summed E-state index contributed by atoms with van der Waals surface area (Å²) in [5.74, 6) is 0.372. The first-order valence-corrected chi connectivity index (χ1v) is 9.04. The van der Waals surface area contributed by atoms with E-state index in [0.717, 1.165) is 6.42 Å². The van der Waals surface area contributed by atoms with Crippen LogP contribution < -0.4 is 5.32 Å². The number of nitrogens with one attached hydrogen (secondary N) is 1. The molecule has 25 heavy (non-hydrogen) atoms. The maximum absolute atomic E-state index is 12.2. The molecule has 0 bridgehead atoms. The number of carbonyl (C=O) groups excluding carboxylic acids is 2. The van der Waals surface area contributed by atoms with Crippen LogP contribution in [-0.2, 0) is 16.0 Å². The fourth-order valence-corrected chi connectivity index (χ4v) is 3.48. The Hall–Kier alpha value is -2.60. The SMILES string of the molecule is CC(=O)Nc1cccc(N=C2SCC(=O)N2CCc2ccccc2)c1. The minimum absolute atomic E-state index is 0.0812. The van der Waals surface area contributed by atoms with E-state index in [9.17, 15) is 9.59 Å². The molecule has 0 aromatic heterocycles. The zero-order valence-corrected chi connectivity index (χ0v) is 14.8. The van der Waals surface area contributed by atoms with Crippen molar-refractivity contribution in [3.05, 3.63) is 60.2 Å². The number of benzene rings is 2. The second kappa shape index (κ2) is 7.98. The minimum Gasteiger partial charge on any atom is -0.326 e. The number of aliphatic imine (C=N–C) groups is 1. The fraction of sp³-hybridized carbons (Fsp3) is 0.211. The summed E-state index contributed by atoms with van der Waals surface area (Å²) in [5, 5.41) is 3.45. The zero-order valence-electron chi connectivity index (χ0n) is 13.9. The van der Waals surface area contributed by atoms with Crippen molar-refractivity contribution in [3.8, 4) is 0 Å². The molecule has 0 radical (unpaired) electrons. The predicted molar refractivity (Wildman–Crippen MR) is 102 cm³/mol. The fourth-order valence-electron chi connectivity index (χ4n) is 2.55. The Morgan fingerprint density at radius 3 is 2.76 bits per heavy atom. The molecule has 2 aromatic rings. The number of hydrogen-bond donors (Lipinski definition) is 1. The summed E-state index contributed by atoms with van der Waals surface area (Å²) < 4.78 is 0. The molecule has 1 aliphatic heterocycles. The predicted octanol–water partition coefficient (Wildman–Crippen LogP) is 3.45. The van der Waals surface area contributed by atoms with Gasteiger partial charge in [-0.3, -0.25) is 14.5 Å². The van der Waals surface area contributed by atoms with Crippen molar-refractivity contribution < 1.29 is 9.59 Å². The standard InChI is InChI=1S/C19H19N3O2S/c1-14(23)20-16-8-5-9-17(12-16)21-19-22(18(24)13-25-19)11-10-15-6-3-2-4-7-15/h2-9,12H,10-11,13H2,1H3,(H,20,23). The van der Waals surface area contributed by atoms with Gasteiger partial charge in [-0.15, -0.1) is 0 Å². The van der Waals surface area contributed by atoms with Gasteiger partial charge in [0.15, 0.2) is 5.17 Å². The Kier molecular flexibility index (Phi) is 5.50. The number of carbonyl (C=O) groups is 2. The molecule has 1 aliphatic rings. The maximum atomic E-state index is 12.2. The molecular weight excluding hydrogens is 334 g/mol. The van der Waals surface area contributed by atoms with Crippen molar-refractivity contribution in [2.75, 3.05) is 17.6 Å². The molecule has 2 aromatic carbocycles. The molecular formula is C19H19N3O2S. The zero-order chi connectivity index (χ0) is 17.6. The summed E-state index contributed by atoms with van der Waals surface area (Å²) in [5.41, 5.74) is 2.60. The molecule has 0 atom stereocenters. The number of thioether (sulfide) groups is 1. The molecule has 0 saturated carbocycles. The van der Waals surface area contributed by atoms with E-state index in [1.54, 1.807) is 11.0 Å². The molecule has 0 unspecified atom stereocenters. The average molecular weight is 353 g/mol. The molecule has 1 saturated heterocycles. The highest BCUT2D eigenvalue weighted by atomic mass is 32.2. The van der Waals surface area contributed by atoms with E-state index in [1.807, 2.05) is 36.4 Å². The van der Waals surface area contributed by atoms with Crippen molar-refractivity contribution in [2.24, 2.45) is 4.99 Å². The van der Waals surface area contributed by atoms with E-state index in [4.69, 9.17) is 0 Å². The summed E-state index contributed by atoms with van der Waals surface area (Å²) in [6.45, 7) is 2.08. The highest BCUT2D eigenvalue weighted by Gasteiger charge is 2.27. The van der Waals surface area contributed by atoms with Gasteiger partial charge < -0.3 is 5.32 Å². The van der Waals surface area contributed by atoms with Crippen molar-refractivity contribution in [1.82, 2.24) is 4.90 Å². The van der Waals surface area contributed by atoms with E-state index >= 15 is 0 Å². The van der Waals surface area contributed by atoms with Gasteiger partial charge in [-0.25, -0.2) is 4.99 Å². The van der Waals surface area contributed by atoms with Crippen LogP contribution in [0.3, 0.4) is 0 Å². The van der Waals surface area contributed by atoms with Crippen molar-refractivity contribution in [2.45, 2.75) is 13.3 Å². The summed E-state index contributed by atoms with van der Waals surface area (Å²) in [6, 6.07) is 17.4. The molecule has 2 amide bonds. The molecule has 128 valence electrons. The number of nitrogens with zero attached hydrogens (tertiary/aromatic N) is 2. The van der Waals surface area contributed by atoms with Crippen LogP contribution in [0.4, 0.5) is 11.4 Å². The number of rotatable bonds is 5. The van der Waals surface area contributed by atoms with E-state index in [1.165, 1.54) is 24.2 Å². The number of hydrogen-bond acceptors (Lipinski definition) is 4. The molecule has 1 heterocycles. The molecule has 1 fully saturated rings. The molecule has 6 heteroatoms. The lowest BCUT2D eigenvalue weighted by atomic mass is 10.1. The Morgan fingerprint density at radius 1 is 1.20 bits per heavy atom. The molecule has 1 N–H and O–H groups in total. The summed E-state index contributed by atoms with van der Waals surface area (Å²) in [6.07, 6.45) is 0.790. The van der Waals surface area contributed by atoms with Crippen LogP contribution in [0, 0.1) is 0 Å². The molecule has 0 spiro atoms. The smallest absolute Gasteiger partial charge is 0.239 e. The normalized spacial score (nSPS) is 15.6. The first-order valence-electron chi connectivity index (χ1n) is 8.05. The first kappa shape index (κ1) is 17.2. The lowest BCUT2D eigenvalue weighted by Crippen LogP contribution is -2.31. The van der Waals surface area contributed by atoms with E-state index < -0.39 is 0 Å². The van der Waals surface area contributed by atoms with Gasteiger partial charge in [0.05, 0.1) is 11.4 Å². The Bertz CT molecular complexity index is 805. The average Bonchev–Trinajstić information content (AvgIpc) is 2.93. The van der Waals surface area contributed by atoms with Crippen LogP contribution in [0.15, 0.2) is 59.6 Å². The largest absolute Gasteiger partial charge is 0.326 e. The van der Waals surface area contributed by atoms with Crippen molar-refractivity contribution >= 4 is 40.1 Å².